The van der Waals surface area contributed by atoms with Crippen molar-refractivity contribution in [1.29, 1.82) is 0 Å². The van der Waals surface area contributed by atoms with Gasteiger partial charge in [-0.25, -0.2) is 8.78 Å². The molecule has 2 N–H and O–H groups in total. The molecule has 2 saturated heterocycles. The highest BCUT2D eigenvalue weighted by Crippen LogP contribution is 2.33. The molecule has 0 aliphatic carbocycles. The van der Waals surface area contributed by atoms with Crippen LogP contribution in [0.15, 0.2) is 12.1 Å². The van der Waals surface area contributed by atoms with Gasteiger partial charge in [0.15, 0.2) is 0 Å². The topological polar surface area (TPSA) is 45.0 Å². The number of halogens is 2. The molecule has 0 atom stereocenters. The summed E-state index contributed by atoms with van der Waals surface area (Å²) in [6, 6.07) is 4.56. The molecular weight excluding hydrogens is 338 g/mol. The first-order valence-electron chi connectivity index (χ1n) is 9.41. The SMILES string of the molecule is COc1cc(N2CCC(N3CCN(CC(F)F)CC3)CC2)c(C)cc1N. The first kappa shape index (κ1) is 19.2. The van der Waals surface area contributed by atoms with Gasteiger partial charge in [-0.05, 0) is 31.4 Å². The maximum atomic E-state index is 12.5. The molecule has 0 amide bonds. The molecule has 5 nitrogen and oxygen atoms in total. The Morgan fingerprint density at radius 2 is 1.77 bits per heavy atom. The minimum Gasteiger partial charge on any atom is -0.495 e. The van der Waals surface area contributed by atoms with Gasteiger partial charge < -0.3 is 15.4 Å². The number of alkyl halides is 2. The average molecular weight is 368 g/mol. The van der Waals surface area contributed by atoms with Crippen LogP contribution in [0, 0.1) is 6.92 Å². The standard InChI is InChI=1S/C19H30F2N4O/c1-14-11-16(22)18(26-2)12-17(14)25-5-3-15(4-6-25)24-9-7-23(8-10-24)13-19(20)21/h11-12,15,19H,3-10,13,22H2,1-2H3. The molecule has 0 spiro atoms. The first-order valence-corrected chi connectivity index (χ1v) is 9.41. The van der Waals surface area contributed by atoms with E-state index in [4.69, 9.17) is 10.5 Å². The molecule has 7 heteroatoms. The zero-order valence-corrected chi connectivity index (χ0v) is 15.8. The van der Waals surface area contributed by atoms with Gasteiger partial charge >= 0.3 is 0 Å². The van der Waals surface area contributed by atoms with Crippen LogP contribution in [0.5, 0.6) is 5.75 Å². The van der Waals surface area contributed by atoms with Crippen molar-refractivity contribution in [2.75, 3.05) is 63.6 Å². The molecule has 2 aliphatic rings. The molecule has 1 aromatic rings. The number of nitrogens with two attached hydrogens (primary N) is 1. The van der Waals surface area contributed by atoms with Crippen molar-refractivity contribution in [3.63, 3.8) is 0 Å². The number of piperazine rings is 1. The van der Waals surface area contributed by atoms with Crippen molar-refractivity contribution in [2.24, 2.45) is 0 Å². The average Bonchev–Trinajstić information content (AvgIpc) is 2.62. The van der Waals surface area contributed by atoms with Crippen molar-refractivity contribution < 1.29 is 13.5 Å². The predicted octanol–water partition coefficient (Wildman–Crippen LogP) is 2.44. The summed E-state index contributed by atoms with van der Waals surface area (Å²) in [5, 5.41) is 0. The molecule has 26 heavy (non-hydrogen) atoms. The lowest BCUT2D eigenvalue weighted by Gasteiger charge is -2.43. The van der Waals surface area contributed by atoms with Crippen LogP contribution < -0.4 is 15.4 Å². The van der Waals surface area contributed by atoms with Crippen molar-refractivity contribution in [3.8, 4) is 5.75 Å². The lowest BCUT2D eigenvalue weighted by molar-refractivity contribution is 0.0392. The number of piperidine rings is 1. The lowest BCUT2D eigenvalue weighted by Crippen LogP contribution is -2.53. The third-order valence-electron chi connectivity index (χ3n) is 5.67. The summed E-state index contributed by atoms with van der Waals surface area (Å²) in [5.41, 5.74) is 9.02. The molecule has 0 aromatic heterocycles. The van der Waals surface area contributed by atoms with E-state index in [1.165, 1.54) is 11.3 Å². The molecule has 3 rings (SSSR count). The van der Waals surface area contributed by atoms with Crippen molar-refractivity contribution in [1.82, 2.24) is 9.80 Å². The van der Waals surface area contributed by atoms with Crippen molar-refractivity contribution >= 4 is 11.4 Å². The Morgan fingerprint density at radius 3 is 2.35 bits per heavy atom. The van der Waals surface area contributed by atoms with E-state index in [1.54, 1.807) is 7.11 Å². The van der Waals surface area contributed by atoms with Gasteiger partial charge in [0.1, 0.15) is 5.75 Å². The molecule has 0 radical (unpaired) electrons. The molecule has 2 heterocycles. The number of methoxy groups -OCH3 is 1. The van der Waals surface area contributed by atoms with Crippen LogP contribution in [0.4, 0.5) is 20.2 Å². The molecule has 0 unspecified atom stereocenters. The summed E-state index contributed by atoms with van der Waals surface area (Å²) in [6.45, 7) is 7.27. The van der Waals surface area contributed by atoms with Gasteiger partial charge in [-0.2, -0.15) is 0 Å². The molecule has 2 aliphatic heterocycles. The highest BCUT2D eigenvalue weighted by Gasteiger charge is 2.28. The maximum Gasteiger partial charge on any atom is 0.251 e. The second-order valence-corrected chi connectivity index (χ2v) is 7.33. The number of rotatable bonds is 5. The first-order chi connectivity index (χ1) is 12.5. The summed E-state index contributed by atoms with van der Waals surface area (Å²) in [6.07, 6.45) is -0.0352. The number of aryl methyl sites for hydroxylation is 1. The smallest absolute Gasteiger partial charge is 0.251 e. The van der Waals surface area contributed by atoms with Gasteiger partial charge in [-0.3, -0.25) is 9.80 Å². The van der Waals surface area contributed by atoms with E-state index >= 15 is 0 Å². The van der Waals surface area contributed by atoms with Gasteiger partial charge in [-0.1, -0.05) is 0 Å². The Bertz CT molecular complexity index is 597. The van der Waals surface area contributed by atoms with Gasteiger partial charge in [0.25, 0.3) is 6.43 Å². The minimum atomic E-state index is -2.23. The third kappa shape index (κ3) is 4.38. The zero-order chi connectivity index (χ0) is 18.7. The number of benzene rings is 1. The van der Waals surface area contributed by atoms with Crippen LogP contribution in [0.25, 0.3) is 0 Å². The fourth-order valence-corrected chi connectivity index (χ4v) is 4.20. The summed E-state index contributed by atoms with van der Waals surface area (Å²) in [7, 11) is 1.64. The second-order valence-electron chi connectivity index (χ2n) is 7.33. The van der Waals surface area contributed by atoms with Crippen molar-refractivity contribution in [3.05, 3.63) is 17.7 Å². The summed E-state index contributed by atoms with van der Waals surface area (Å²) < 4.78 is 30.4. The van der Waals surface area contributed by atoms with Crippen LogP contribution in [0.2, 0.25) is 0 Å². The monoisotopic (exact) mass is 368 g/mol. The van der Waals surface area contributed by atoms with Gasteiger partial charge in [0.05, 0.1) is 19.3 Å². The van der Waals surface area contributed by atoms with E-state index in [0.29, 0.717) is 11.7 Å². The van der Waals surface area contributed by atoms with Crippen molar-refractivity contribution in [2.45, 2.75) is 32.2 Å². The quantitative estimate of drug-likeness (QED) is 0.809. The Morgan fingerprint density at radius 1 is 1.12 bits per heavy atom. The Kier molecular flexibility index (Phi) is 6.19. The predicted molar refractivity (Wildman–Crippen MR) is 101 cm³/mol. The van der Waals surface area contributed by atoms with Crippen LogP contribution in [-0.4, -0.2) is 75.2 Å². The molecule has 1 aromatic carbocycles. The van der Waals surface area contributed by atoms with E-state index in [-0.39, 0.29) is 6.54 Å². The maximum absolute atomic E-state index is 12.5. The number of ether oxygens (including phenoxy) is 1. The van der Waals surface area contributed by atoms with Gasteiger partial charge in [0.2, 0.25) is 0 Å². The largest absolute Gasteiger partial charge is 0.495 e. The molecule has 0 saturated carbocycles. The Labute approximate surface area is 154 Å². The minimum absolute atomic E-state index is 0.0927. The highest BCUT2D eigenvalue weighted by atomic mass is 19.3. The Balaban J connectivity index is 1.54. The number of hydrogen-bond acceptors (Lipinski definition) is 5. The van der Waals surface area contributed by atoms with E-state index in [1.807, 2.05) is 17.0 Å². The Hall–Kier alpha value is -1.60. The van der Waals surface area contributed by atoms with Gasteiger partial charge in [-0.15, -0.1) is 0 Å². The lowest BCUT2D eigenvalue weighted by atomic mass is 10.0. The number of nitrogens with zero attached hydrogens (tertiary/aromatic N) is 3. The number of hydrogen-bond donors (Lipinski definition) is 1. The van der Waals surface area contributed by atoms with E-state index < -0.39 is 6.43 Å². The normalized spacial score (nSPS) is 20.7. The number of nitrogen functional groups attached to an aromatic ring is 1. The molecular formula is C19H30F2N4O. The fraction of sp³-hybridized carbons (Fsp3) is 0.684. The van der Waals surface area contributed by atoms with E-state index in [0.717, 1.165) is 57.9 Å². The molecule has 146 valence electrons. The summed E-state index contributed by atoms with van der Waals surface area (Å²) in [5.74, 6) is 0.725. The van der Waals surface area contributed by atoms with E-state index in [2.05, 4.69) is 16.7 Å². The highest BCUT2D eigenvalue weighted by molar-refractivity contribution is 5.66. The van der Waals surface area contributed by atoms with Crippen LogP contribution in [0.3, 0.4) is 0 Å². The van der Waals surface area contributed by atoms with Gasteiger partial charge in [0, 0.05) is 57.1 Å². The van der Waals surface area contributed by atoms with Crippen LogP contribution in [0.1, 0.15) is 18.4 Å². The van der Waals surface area contributed by atoms with Crippen LogP contribution in [-0.2, 0) is 0 Å². The summed E-state index contributed by atoms with van der Waals surface area (Å²) in [4.78, 5) is 6.76. The van der Waals surface area contributed by atoms with E-state index in [9.17, 15) is 8.78 Å². The molecule has 0 bridgehead atoms. The summed E-state index contributed by atoms with van der Waals surface area (Å²) >= 11 is 0. The molecule has 2 fully saturated rings. The van der Waals surface area contributed by atoms with Crippen LogP contribution >= 0.6 is 0 Å². The zero-order valence-electron chi connectivity index (χ0n) is 15.8. The number of anilines is 2. The second kappa shape index (κ2) is 8.39. The fourth-order valence-electron chi connectivity index (χ4n) is 4.20. The third-order valence-corrected chi connectivity index (χ3v) is 5.67.